The average Bonchev–Trinajstić information content (AvgIpc) is 2.48. The Hall–Kier alpha value is -2.37. The predicted octanol–water partition coefficient (Wildman–Crippen LogP) is 1.79. The van der Waals surface area contributed by atoms with Crippen molar-refractivity contribution >= 4 is 5.91 Å². The molecular weight excluding hydrogens is 271 g/mol. The summed E-state index contributed by atoms with van der Waals surface area (Å²) in [6.45, 7) is 1.92. The zero-order chi connectivity index (χ0) is 15.8. The second-order valence-electron chi connectivity index (χ2n) is 4.69. The molecule has 0 aliphatic carbocycles. The normalized spacial score (nSPS) is 11.0. The van der Waals surface area contributed by atoms with E-state index in [4.69, 9.17) is 10.4 Å². The van der Waals surface area contributed by atoms with Gasteiger partial charge in [0, 0.05) is 25.6 Å². The Morgan fingerprint density at radius 1 is 1.52 bits per heavy atom. The van der Waals surface area contributed by atoms with Crippen molar-refractivity contribution in [2.45, 2.75) is 13.3 Å². The van der Waals surface area contributed by atoms with Crippen LogP contribution < -0.4 is 0 Å². The maximum atomic E-state index is 13.8. The van der Waals surface area contributed by atoms with Gasteiger partial charge in [0.2, 0.25) is 0 Å². The molecule has 0 saturated carbocycles. The molecular formula is C16H17FN2O2. The van der Waals surface area contributed by atoms with Crippen LogP contribution in [-0.2, 0) is 0 Å². The van der Waals surface area contributed by atoms with Crippen molar-refractivity contribution in [1.82, 2.24) is 4.90 Å². The van der Waals surface area contributed by atoms with E-state index in [1.165, 1.54) is 17.0 Å². The maximum Gasteiger partial charge on any atom is 0.253 e. The highest BCUT2D eigenvalue weighted by Crippen LogP contribution is 2.12. The summed E-state index contributed by atoms with van der Waals surface area (Å²) in [5.41, 5.74) is 0.404. The van der Waals surface area contributed by atoms with Gasteiger partial charge in [0.15, 0.2) is 0 Å². The van der Waals surface area contributed by atoms with Gasteiger partial charge < -0.3 is 10.0 Å². The van der Waals surface area contributed by atoms with E-state index < -0.39 is 5.82 Å². The second kappa shape index (κ2) is 8.04. The number of hydrogen-bond donors (Lipinski definition) is 1. The standard InChI is InChI=1S/C16H17FN2O2/c1-12(10-18)11-19(2)16(21)14-7-6-13(15(17)9-14)5-3-4-8-20/h6-7,9,12,20H,4,8,11H2,1-2H3. The fourth-order valence-corrected chi connectivity index (χ4v) is 1.72. The summed E-state index contributed by atoms with van der Waals surface area (Å²) in [5.74, 6) is 4.02. The van der Waals surface area contributed by atoms with Crippen LogP contribution in [0.3, 0.4) is 0 Å². The number of rotatable bonds is 4. The highest BCUT2D eigenvalue weighted by Gasteiger charge is 2.15. The average molecular weight is 288 g/mol. The number of hydrogen-bond acceptors (Lipinski definition) is 3. The Morgan fingerprint density at radius 3 is 2.81 bits per heavy atom. The van der Waals surface area contributed by atoms with Gasteiger partial charge in [-0.05, 0) is 25.1 Å². The van der Waals surface area contributed by atoms with Crippen LogP contribution in [0.4, 0.5) is 4.39 Å². The largest absolute Gasteiger partial charge is 0.395 e. The number of nitrogens with zero attached hydrogens (tertiary/aromatic N) is 2. The van der Waals surface area contributed by atoms with Gasteiger partial charge in [-0.25, -0.2) is 4.39 Å². The first-order valence-electron chi connectivity index (χ1n) is 6.54. The Bertz CT molecular complexity index is 611. The van der Waals surface area contributed by atoms with Crippen LogP contribution in [0.1, 0.15) is 29.3 Å². The quantitative estimate of drug-likeness (QED) is 0.859. The van der Waals surface area contributed by atoms with Gasteiger partial charge in [-0.2, -0.15) is 5.26 Å². The van der Waals surface area contributed by atoms with Gasteiger partial charge in [0.05, 0.1) is 24.2 Å². The highest BCUT2D eigenvalue weighted by molar-refractivity contribution is 5.94. The molecule has 0 radical (unpaired) electrons. The molecule has 0 spiro atoms. The Balaban J connectivity index is 2.86. The van der Waals surface area contributed by atoms with E-state index in [0.717, 1.165) is 6.07 Å². The monoisotopic (exact) mass is 288 g/mol. The molecule has 0 heterocycles. The lowest BCUT2D eigenvalue weighted by Gasteiger charge is -2.18. The van der Waals surface area contributed by atoms with Crippen LogP contribution in [0.5, 0.6) is 0 Å². The van der Waals surface area contributed by atoms with Crippen LogP contribution in [0, 0.1) is 34.9 Å². The van der Waals surface area contributed by atoms with E-state index in [-0.39, 0.29) is 42.5 Å². The number of aliphatic hydroxyl groups excluding tert-OH is 1. The molecule has 1 aromatic rings. The number of halogens is 1. The molecule has 21 heavy (non-hydrogen) atoms. The summed E-state index contributed by atoms with van der Waals surface area (Å²) < 4.78 is 13.8. The molecule has 110 valence electrons. The van der Waals surface area contributed by atoms with E-state index in [1.54, 1.807) is 14.0 Å². The molecule has 0 aromatic heterocycles. The van der Waals surface area contributed by atoms with Crippen molar-refractivity contribution in [2.24, 2.45) is 5.92 Å². The lowest BCUT2D eigenvalue weighted by Crippen LogP contribution is -2.30. The lowest BCUT2D eigenvalue weighted by molar-refractivity contribution is 0.0784. The molecule has 0 aliphatic rings. The first-order valence-corrected chi connectivity index (χ1v) is 6.54. The molecule has 1 rings (SSSR count). The van der Waals surface area contributed by atoms with Crippen molar-refractivity contribution in [3.63, 3.8) is 0 Å². The third kappa shape index (κ3) is 4.91. The molecule has 1 N–H and O–H groups in total. The number of nitriles is 1. The van der Waals surface area contributed by atoms with Gasteiger partial charge in [-0.15, -0.1) is 0 Å². The Kier molecular flexibility index (Phi) is 6.39. The van der Waals surface area contributed by atoms with Crippen LogP contribution >= 0.6 is 0 Å². The van der Waals surface area contributed by atoms with Crippen molar-refractivity contribution in [3.05, 3.63) is 35.1 Å². The first-order chi connectivity index (χ1) is 9.99. The number of carbonyl (C=O) groups excluding carboxylic acids is 1. The van der Waals surface area contributed by atoms with Gasteiger partial charge in [0.1, 0.15) is 5.82 Å². The summed E-state index contributed by atoms with van der Waals surface area (Å²) in [4.78, 5) is 13.5. The van der Waals surface area contributed by atoms with Crippen molar-refractivity contribution in [3.8, 4) is 17.9 Å². The molecule has 0 saturated heterocycles. The molecule has 5 heteroatoms. The predicted molar refractivity (Wildman–Crippen MR) is 76.7 cm³/mol. The molecule has 1 atom stereocenters. The molecule has 4 nitrogen and oxygen atoms in total. The molecule has 1 aromatic carbocycles. The fourth-order valence-electron chi connectivity index (χ4n) is 1.72. The molecule has 0 fully saturated rings. The fraction of sp³-hybridized carbons (Fsp3) is 0.375. The second-order valence-corrected chi connectivity index (χ2v) is 4.69. The van der Waals surface area contributed by atoms with Crippen molar-refractivity contribution in [1.29, 1.82) is 5.26 Å². The summed E-state index contributed by atoms with van der Waals surface area (Å²) >= 11 is 0. The molecule has 1 unspecified atom stereocenters. The first kappa shape index (κ1) is 16.7. The van der Waals surface area contributed by atoms with Gasteiger partial charge in [-0.1, -0.05) is 11.8 Å². The van der Waals surface area contributed by atoms with E-state index >= 15 is 0 Å². The van der Waals surface area contributed by atoms with Crippen molar-refractivity contribution in [2.75, 3.05) is 20.2 Å². The highest BCUT2D eigenvalue weighted by atomic mass is 19.1. The number of amides is 1. The van der Waals surface area contributed by atoms with Gasteiger partial charge in [0.25, 0.3) is 5.91 Å². The molecule has 0 aliphatic heterocycles. The van der Waals surface area contributed by atoms with E-state index in [1.807, 2.05) is 6.07 Å². The Labute approximate surface area is 123 Å². The van der Waals surface area contributed by atoms with Gasteiger partial charge in [-0.3, -0.25) is 4.79 Å². The minimum Gasteiger partial charge on any atom is -0.395 e. The maximum absolute atomic E-state index is 13.8. The van der Waals surface area contributed by atoms with Gasteiger partial charge >= 0.3 is 0 Å². The van der Waals surface area contributed by atoms with E-state index in [0.29, 0.717) is 0 Å². The van der Waals surface area contributed by atoms with Crippen LogP contribution in [-0.4, -0.2) is 36.1 Å². The SMILES string of the molecule is CC(C#N)CN(C)C(=O)c1ccc(C#CCCO)c(F)c1. The third-order valence-corrected chi connectivity index (χ3v) is 2.79. The zero-order valence-corrected chi connectivity index (χ0v) is 12.1. The summed E-state index contributed by atoms with van der Waals surface area (Å²) in [7, 11) is 1.57. The third-order valence-electron chi connectivity index (χ3n) is 2.79. The minimum atomic E-state index is -0.576. The van der Waals surface area contributed by atoms with Crippen molar-refractivity contribution < 1.29 is 14.3 Å². The van der Waals surface area contributed by atoms with Crippen LogP contribution in [0.25, 0.3) is 0 Å². The van der Waals surface area contributed by atoms with E-state index in [2.05, 4.69) is 11.8 Å². The summed E-state index contributed by atoms with van der Waals surface area (Å²) in [6.07, 6.45) is 0.273. The molecule has 0 bridgehead atoms. The van der Waals surface area contributed by atoms with Crippen LogP contribution in [0.15, 0.2) is 18.2 Å². The topological polar surface area (TPSA) is 64.3 Å². The Morgan fingerprint density at radius 2 is 2.24 bits per heavy atom. The zero-order valence-electron chi connectivity index (χ0n) is 12.1. The van der Waals surface area contributed by atoms with Crippen LogP contribution in [0.2, 0.25) is 0 Å². The minimum absolute atomic E-state index is 0.0763. The number of aliphatic hydroxyl groups is 1. The molecule has 1 amide bonds. The lowest BCUT2D eigenvalue weighted by atomic mass is 10.1. The smallest absolute Gasteiger partial charge is 0.253 e. The number of carbonyl (C=O) groups is 1. The van der Waals surface area contributed by atoms with E-state index in [9.17, 15) is 9.18 Å². The summed E-state index contributed by atoms with van der Waals surface area (Å²) in [6, 6.07) is 6.12. The summed E-state index contributed by atoms with van der Waals surface area (Å²) in [5, 5.41) is 17.4. The number of benzene rings is 1.